The molecule has 7 nitrogen and oxygen atoms in total. The van der Waals surface area contributed by atoms with Crippen LogP contribution in [0.2, 0.25) is 0 Å². The summed E-state index contributed by atoms with van der Waals surface area (Å²) in [5, 5.41) is 10.2. The van der Waals surface area contributed by atoms with Crippen molar-refractivity contribution in [3.8, 4) is 5.13 Å². The number of amides is 2. The average Bonchev–Trinajstić information content (AvgIpc) is 3.40. The third-order valence-corrected chi connectivity index (χ3v) is 7.10. The minimum Gasteiger partial charge on any atom is -0.347 e. The van der Waals surface area contributed by atoms with Crippen LogP contribution in [0.5, 0.6) is 0 Å². The lowest BCUT2D eigenvalue weighted by Gasteiger charge is -2.14. The van der Waals surface area contributed by atoms with Gasteiger partial charge in [0.2, 0.25) is 5.13 Å². The highest BCUT2D eigenvalue weighted by Gasteiger charge is 2.23. The van der Waals surface area contributed by atoms with Gasteiger partial charge in [-0.1, -0.05) is 35.2 Å². The molecule has 2 amide bonds. The van der Waals surface area contributed by atoms with E-state index in [1.807, 2.05) is 31.2 Å². The fourth-order valence-corrected chi connectivity index (χ4v) is 5.25. The Hall–Kier alpha value is -3.50. The van der Waals surface area contributed by atoms with Crippen LogP contribution in [0.15, 0.2) is 64.8 Å². The Balaban J connectivity index is 1.34. The number of carbonyl (C=O) groups excluding carboxylic acids is 2. The average molecular weight is 466 g/mol. The number of rotatable bonds is 4. The van der Waals surface area contributed by atoms with E-state index in [4.69, 9.17) is 0 Å². The zero-order valence-corrected chi connectivity index (χ0v) is 18.4. The number of hydrogen-bond donors (Lipinski definition) is 2. The van der Waals surface area contributed by atoms with Gasteiger partial charge in [-0.3, -0.25) is 9.59 Å². The van der Waals surface area contributed by atoms with Crippen LogP contribution < -0.4 is 10.6 Å². The summed E-state index contributed by atoms with van der Waals surface area (Å²) >= 11 is 2.80. The second kappa shape index (κ2) is 8.21. The minimum atomic E-state index is -0.443. The van der Waals surface area contributed by atoms with Crippen molar-refractivity contribution in [2.24, 2.45) is 0 Å². The Morgan fingerprint density at radius 3 is 2.84 bits per heavy atom. The van der Waals surface area contributed by atoms with E-state index in [0.29, 0.717) is 27.5 Å². The molecule has 4 aromatic rings. The number of halogens is 1. The van der Waals surface area contributed by atoms with E-state index in [0.717, 1.165) is 20.9 Å². The Bertz CT molecular complexity index is 1360. The van der Waals surface area contributed by atoms with Crippen molar-refractivity contribution < 1.29 is 14.0 Å². The number of hydrogen-bond acceptors (Lipinski definition) is 6. The van der Waals surface area contributed by atoms with Crippen LogP contribution in [-0.2, 0) is 6.54 Å². The maximum absolute atomic E-state index is 13.2. The van der Waals surface area contributed by atoms with Crippen LogP contribution in [0.4, 0.5) is 10.1 Å². The lowest BCUT2D eigenvalue weighted by molar-refractivity contribution is 0.0949. The molecule has 0 saturated carbocycles. The van der Waals surface area contributed by atoms with Crippen molar-refractivity contribution in [2.75, 3.05) is 5.32 Å². The minimum absolute atomic E-state index is 0.195. The first-order chi connectivity index (χ1) is 15.5. The molecular weight excluding hydrogens is 449 g/mol. The van der Waals surface area contributed by atoms with Crippen LogP contribution in [-0.4, -0.2) is 26.6 Å². The van der Waals surface area contributed by atoms with Crippen LogP contribution in [0.1, 0.15) is 31.2 Å². The van der Waals surface area contributed by atoms with E-state index in [2.05, 4.69) is 20.7 Å². The number of fused-ring (bicyclic) bond motifs is 2. The van der Waals surface area contributed by atoms with Crippen molar-refractivity contribution in [3.63, 3.8) is 0 Å². The topological polar surface area (TPSA) is 88.9 Å². The van der Waals surface area contributed by atoms with Crippen LogP contribution in [0.3, 0.4) is 0 Å². The predicted octanol–water partition coefficient (Wildman–Crippen LogP) is 4.42. The SMILES string of the molecule is Cc1c(C(=O)NCc2cnc(-n3cc(F)cn3)s2)ccc2c1NC(=O)c1ccccc1S2. The number of nitrogens with zero attached hydrogens (tertiary/aromatic N) is 3. The highest BCUT2D eigenvalue weighted by atomic mass is 32.2. The molecule has 1 aliphatic heterocycles. The van der Waals surface area contributed by atoms with Gasteiger partial charge in [0, 0.05) is 26.4 Å². The third kappa shape index (κ3) is 3.78. The molecule has 2 aromatic heterocycles. The summed E-state index contributed by atoms with van der Waals surface area (Å²) in [6.45, 7) is 2.09. The van der Waals surface area contributed by atoms with Gasteiger partial charge in [0.15, 0.2) is 5.82 Å². The molecule has 2 aromatic carbocycles. The Kier molecular flexibility index (Phi) is 5.24. The van der Waals surface area contributed by atoms with Gasteiger partial charge in [0.25, 0.3) is 11.8 Å². The number of benzene rings is 2. The smallest absolute Gasteiger partial charge is 0.256 e. The molecule has 0 bridgehead atoms. The highest BCUT2D eigenvalue weighted by molar-refractivity contribution is 7.99. The number of anilines is 1. The van der Waals surface area contributed by atoms with Gasteiger partial charge in [-0.25, -0.2) is 14.1 Å². The molecule has 1 aliphatic rings. The van der Waals surface area contributed by atoms with Gasteiger partial charge >= 0.3 is 0 Å². The molecule has 32 heavy (non-hydrogen) atoms. The summed E-state index contributed by atoms with van der Waals surface area (Å²) in [4.78, 5) is 32.3. The summed E-state index contributed by atoms with van der Waals surface area (Å²) in [6.07, 6.45) is 3.97. The molecule has 10 heteroatoms. The van der Waals surface area contributed by atoms with E-state index in [1.165, 1.54) is 34.0 Å². The van der Waals surface area contributed by atoms with Crippen molar-refractivity contribution in [1.29, 1.82) is 0 Å². The first-order valence-electron chi connectivity index (χ1n) is 9.65. The van der Waals surface area contributed by atoms with Gasteiger partial charge in [-0.05, 0) is 36.8 Å². The van der Waals surface area contributed by atoms with Crippen molar-refractivity contribution in [3.05, 3.63) is 82.4 Å². The number of carbonyl (C=O) groups is 2. The number of aromatic nitrogens is 3. The van der Waals surface area contributed by atoms with Gasteiger partial charge < -0.3 is 10.6 Å². The lowest BCUT2D eigenvalue weighted by Crippen LogP contribution is -2.24. The maximum atomic E-state index is 13.2. The zero-order valence-electron chi connectivity index (χ0n) is 16.8. The first kappa shape index (κ1) is 20.4. The molecule has 3 heterocycles. The number of thiazole rings is 1. The van der Waals surface area contributed by atoms with Crippen LogP contribution in [0.25, 0.3) is 5.13 Å². The molecule has 0 aliphatic carbocycles. The Morgan fingerprint density at radius 1 is 1.19 bits per heavy atom. The van der Waals surface area contributed by atoms with E-state index in [1.54, 1.807) is 18.3 Å². The van der Waals surface area contributed by atoms with E-state index in [9.17, 15) is 14.0 Å². The summed E-state index contributed by atoms with van der Waals surface area (Å²) < 4.78 is 14.5. The second-order valence-corrected chi connectivity index (χ2v) is 9.24. The molecule has 0 atom stereocenters. The molecule has 0 spiro atoms. The van der Waals surface area contributed by atoms with Gasteiger partial charge in [0.1, 0.15) is 0 Å². The molecular formula is C22H16FN5O2S2. The summed E-state index contributed by atoms with van der Waals surface area (Å²) in [5.74, 6) is -0.895. The fourth-order valence-electron chi connectivity index (χ4n) is 3.37. The summed E-state index contributed by atoms with van der Waals surface area (Å²) in [6, 6.07) is 11.0. The molecule has 0 saturated heterocycles. The second-order valence-electron chi connectivity index (χ2n) is 7.06. The monoisotopic (exact) mass is 465 g/mol. The van der Waals surface area contributed by atoms with Gasteiger partial charge in [-0.2, -0.15) is 5.10 Å². The van der Waals surface area contributed by atoms with E-state index < -0.39 is 5.82 Å². The summed E-state index contributed by atoms with van der Waals surface area (Å²) in [7, 11) is 0. The van der Waals surface area contributed by atoms with E-state index >= 15 is 0 Å². The molecule has 0 radical (unpaired) electrons. The fraction of sp³-hybridized carbons (Fsp3) is 0.0909. The number of nitrogens with one attached hydrogen (secondary N) is 2. The van der Waals surface area contributed by atoms with Gasteiger partial charge in [-0.15, -0.1) is 0 Å². The van der Waals surface area contributed by atoms with Gasteiger partial charge in [0.05, 0.1) is 30.2 Å². The Morgan fingerprint density at radius 2 is 2.03 bits per heavy atom. The zero-order chi connectivity index (χ0) is 22.2. The maximum Gasteiger partial charge on any atom is 0.256 e. The van der Waals surface area contributed by atoms with Crippen LogP contribution >= 0.6 is 23.1 Å². The normalized spacial score (nSPS) is 12.5. The summed E-state index contributed by atoms with van der Waals surface area (Å²) in [5.41, 5.74) is 2.43. The molecule has 0 unspecified atom stereocenters. The van der Waals surface area contributed by atoms with Crippen LogP contribution in [0, 0.1) is 12.7 Å². The molecule has 5 rings (SSSR count). The lowest BCUT2D eigenvalue weighted by atomic mass is 10.1. The highest BCUT2D eigenvalue weighted by Crippen LogP contribution is 2.41. The third-order valence-electron chi connectivity index (χ3n) is 4.97. The standard InChI is InChI=1S/C22H16FN5O2S2/c1-12-15(6-7-18-19(12)27-21(30)16-4-2-3-5-17(16)32-18)20(29)24-9-14-10-25-22(31-14)28-11-13(23)8-26-28/h2-8,10-11H,9H2,1H3,(H,24,29)(H,27,30). The molecule has 2 N–H and O–H groups in total. The largest absolute Gasteiger partial charge is 0.347 e. The quantitative estimate of drug-likeness (QED) is 0.466. The van der Waals surface area contributed by atoms with Crippen molar-refractivity contribution in [2.45, 2.75) is 23.3 Å². The Labute approximate surface area is 190 Å². The molecule has 160 valence electrons. The molecule has 0 fully saturated rings. The predicted molar refractivity (Wildman–Crippen MR) is 120 cm³/mol. The van der Waals surface area contributed by atoms with Crippen molar-refractivity contribution >= 4 is 40.6 Å². The van der Waals surface area contributed by atoms with Crippen molar-refractivity contribution in [1.82, 2.24) is 20.1 Å². The van der Waals surface area contributed by atoms with E-state index in [-0.39, 0.29) is 18.4 Å². The first-order valence-corrected chi connectivity index (χ1v) is 11.3.